The molecule has 7 heteroatoms. The summed E-state index contributed by atoms with van der Waals surface area (Å²) in [7, 11) is 1.77. The highest BCUT2D eigenvalue weighted by molar-refractivity contribution is 5.68. The van der Waals surface area contributed by atoms with Crippen LogP contribution < -0.4 is 0 Å². The number of piperidine rings is 1. The van der Waals surface area contributed by atoms with Crippen LogP contribution in [0.1, 0.15) is 50.8 Å². The second-order valence-corrected chi connectivity index (χ2v) is 6.37. The molecule has 1 aliphatic carbocycles. The summed E-state index contributed by atoms with van der Waals surface area (Å²) in [5.41, 5.74) is -1.01. The molecular weight excluding hydrogens is 284 g/mol. The van der Waals surface area contributed by atoms with Gasteiger partial charge >= 0.3 is 6.09 Å². The minimum atomic E-state index is -1.01. The fourth-order valence-corrected chi connectivity index (χ4v) is 3.40. The number of carbonyl (C=O) groups excluding carboxylic acids is 1. The maximum atomic E-state index is 12.2. The molecule has 122 valence electrons. The van der Waals surface area contributed by atoms with Gasteiger partial charge in [0, 0.05) is 33.0 Å². The number of likely N-dealkylation sites (tertiary alicyclic amines) is 1. The lowest BCUT2D eigenvalue weighted by Crippen LogP contribution is -2.47. The van der Waals surface area contributed by atoms with Crippen LogP contribution in [0.5, 0.6) is 0 Å². The predicted molar refractivity (Wildman–Crippen MR) is 79.1 cm³/mol. The van der Waals surface area contributed by atoms with Crippen molar-refractivity contribution in [3.05, 3.63) is 12.2 Å². The fraction of sp³-hybridized carbons (Fsp3) is 0.800. The number of aromatic nitrogens is 3. The van der Waals surface area contributed by atoms with Gasteiger partial charge in [-0.3, -0.25) is 4.68 Å². The van der Waals surface area contributed by atoms with Crippen molar-refractivity contribution in [1.82, 2.24) is 19.7 Å². The molecule has 0 spiro atoms. The average molecular weight is 308 g/mol. The van der Waals surface area contributed by atoms with Gasteiger partial charge in [-0.05, 0) is 25.7 Å². The van der Waals surface area contributed by atoms with Crippen molar-refractivity contribution >= 4 is 6.09 Å². The number of hydrogen-bond acceptors (Lipinski definition) is 5. The maximum absolute atomic E-state index is 12.2. The minimum Gasteiger partial charge on any atom is -0.446 e. The van der Waals surface area contributed by atoms with E-state index in [0.717, 1.165) is 25.7 Å². The van der Waals surface area contributed by atoms with Gasteiger partial charge in [0.1, 0.15) is 18.0 Å². The van der Waals surface area contributed by atoms with Gasteiger partial charge in [0.15, 0.2) is 5.82 Å². The highest BCUT2D eigenvalue weighted by Crippen LogP contribution is 2.31. The molecule has 0 radical (unpaired) electrons. The number of ether oxygens (including phenoxy) is 1. The summed E-state index contributed by atoms with van der Waals surface area (Å²) in [6, 6.07) is 0. The van der Waals surface area contributed by atoms with Gasteiger partial charge in [0.25, 0.3) is 0 Å². The first kappa shape index (κ1) is 15.3. The molecule has 0 unspecified atom stereocenters. The van der Waals surface area contributed by atoms with E-state index < -0.39 is 5.60 Å². The summed E-state index contributed by atoms with van der Waals surface area (Å²) >= 11 is 0. The Morgan fingerprint density at radius 3 is 2.59 bits per heavy atom. The van der Waals surface area contributed by atoms with Crippen LogP contribution in [-0.2, 0) is 17.4 Å². The van der Waals surface area contributed by atoms with Gasteiger partial charge < -0.3 is 14.7 Å². The Bertz CT molecular complexity index is 517. The van der Waals surface area contributed by atoms with Crippen LogP contribution in [-0.4, -0.2) is 50.1 Å². The van der Waals surface area contributed by atoms with E-state index >= 15 is 0 Å². The molecule has 7 nitrogen and oxygen atoms in total. The third kappa shape index (κ3) is 3.09. The van der Waals surface area contributed by atoms with Gasteiger partial charge in [0.05, 0.1) is 0 Å². The molecule has 2 fully saturated rings. The van der Waals surface area contributed by atoms with Gasteiger partial charge in [0.2, 0.25) is 0 Å². The second-order valence-electron chi connectivity index (χ2n) is 6.37. The van der Waals surface area contributed by atoms with Crippen molar-refractivity contribution in [2.24, 2.45) is 7.05 Å². The van der Waals surface area contributed by atoms with Crippen molar-refractivity contribution in [3.8, 4) is 0 Å². The van der Waals surface area contributed by atoms with Crippen molar-refractivity contribution < 1.29 is 14.6 Å². The van der Waals surface area contributed by atoms with Gasteiger partial charge in [-0.2, -0.15) is 5.10 Å². The Kier molecular flexibility index (Phi) is 4.33. The van der Waals surface area contributed by atoms with Crippen LogP contribution in [0.25, 0.3) is 0 Å². The molecule has 0 aromatic carbocycles. The minimum absolute atomic E-state index is 0.0702. The third-order valence-corrected chi connectivity index (χ3v) is 4.80. The standard InChI is InChI=1S/C15H24N4O3/c1-18-13(16-11-17-18)15(21)7-9-19(10-8-15)14(20)22-12-5-3-2-4-6-12/h11-12,21H,2-10H2,1H3. The number of carbonyl (C=O) groups is 1. The summed E-state index contributed by atoms with van der Waals surface area (Å²) in [4.78, 5) is 18.1. The second kappa shape index (κ2) is 6.24. The van der Waals surface area contributed by atoms with E-state index in [2.05, 4.69) is 10.1 Å². The lowest BCUT2D eigenvalue weighted by atomic mass is 9.90. The molecule has 2 heterocycles. The average Bonchev–Trinajstić information content (AvgIpc) is 2.96. The zero-order valence-corrected chi connectivity index (χ0v) is 13.1. The number of aliphatic hydroxyl groups is 1. The van der Waals surface area contributed by atoms with Crippen LogP contribution in [0.2, 0.25) is 0 Å². The van der Waals surface area contributed by atoms with E-state index in [1.165, 1.54) is 12.7 Å². The molecule has 1 aromatic rings. The Morgan fingerprint density at radius 2 is 2.00 bits per heavy atom. The Balaban J connectivity index is 1.55. The summed E-state index contributed by atoms with van der Waals surface area (Å²) in [5, 5.41) is 14.7. The number of nitrogens with zero attached hydrogens (tertiary/aromatic N) is 4. The van der Waals surface area contributed by atoms with E-state index in [0.29, 0.717) is 31.8 Å². The third-order valence-electron chi connectivity index (χ3n) is 4.80. The SMILES string of the molecule is Cn1ncnc1C1(O)CCN(C(=O)OC2CCCCC2)CC1. The van der Waals surface area contributed by atoms with Crippen LogP contribution in [0.15, 0.2) is 6.33 Å². The molecular formula is C15H24N4O3. The van der Waals surface area contributed by atoms with Crippen molar-refractivity contribution in [1.29, 1.82) is 0 Å². The molecule has 1 aromatic heterocycles. The summed E-state index contributed by atoms with van der Waals surface area (Å²) in [6.45, 7) is 0.962. The molecule has 0 bridgehead atoms. The number of amides is 1. The first-order chi connectivity index (χ1) is 10.6. The Hall–Kier alpha value is -1.63. The highest BCUT2D eigenvalue weighted by atomic mass is 16.6. The molecule has 1 saturated carbocycles. The summed E-state index contributed by atoms with van der Waals surface area (Å²) < 4.78 is 7.18. The quantitative estimate of drug-likeness (QED) is 0.897. The molecule has 2 aliphatic rings. The van der Waals surface area contributed by atoms with Crippen LogP contribution >= 0.6 is 0 Å². The van der Waals surface area contributed by atoms with Crippen molar-refractivity contribution in [3.63, 3.8) is 0 Å². The van der Waals surface area contributed by atoms with E-state index in [-0.39, 0.29) is 12.2 Å². The smallest absolute Gasteiger partial charge is 0.410 e. The van der Waals surface area contributed by atoms with E-state index in [4.69, 9.17) is 4.74 Å². The van der Waals surface area contributed by atoms with Crippen molar-refractivity contribution in [2.75, 3.05) is 13.1 Å². The molecule has 1 amide bonds. The predicted octanol–water partition coefficient (Wildman–Crippen LogP) is 1.57. The van der Waals surface area contributed by atoms with Crippen LogP contribution in [0, 0.1) is 0 Å². The zero-order valence-electron chi connectivity index (χ0n) is 13.1. The van der Waals surface area contributed by atoms with Gasteiger partial charge in [-0.15, -0.1) is 0 Å². The summed E-state index contributed by atoms with van der Waals surface area (Å²) in [5.74, 6) is 0.563. The number of hydrogen-bond donors (Lipinski definition) is 1. The monoisotopic (exact) mass is 308 g/mol. The number of aryl methyl sites for hydroxylation is 1. The Morgan fingerprint density at radius 1 is 1.32 bits per heavy atom. The van der Waals surface area contributed by atoms with Gasteiger partial charge in [-0.1, -0.05) is 6.42 Å². The van der Waals surface area contributed by atoms with E-state index in [1.54, 1.807) is 16.6 Å². The molecule has 3 rings (SSSR count). The van der Waals surface area contributed by atoms with Crippen LogP contribution in [0.3, 0.4) is 0 Å². The first-order valence-electron chi connectivity index (χ1n) is 8.11. The van der Waals surface area contributed by atoms with E-state index in [1.807, 2.05) is 0 Å². The largest absolute Gasteiger partial charge is 0.446 e. The molecule has 1 saturated heterocycles. The molecule has 22 heavy (non-hydrogen) atoms. The normalized spacial score (nSPS) is 22.5. The topological polar surface area (TPSA) is 80.5 Å². The molecule has 1 N–H and O–H groups in total. The number of rotatable bonds is 2. The molecule has 1 aliphatic heterocycles. The van der Waals surface area contributed by atoms with Gasteiger partial charge in [-0.25, -0.2) is 9.78 Å². The Labute approximate surface area is 130 Å². The zero-order chi connectivity index (χ0) is 15.6. The molecule has 0 atom stereocenters. The first-order valence-corrected chi connectivity index (χ1v) is 8.11. The summed E-state index contributed by atoms with van der Waals surface area (Å²) in [6.07, 6.45) is 7.66. The fourth-order valence-electron chi connectivity index (χ4n) is 3.40. The lowest BCUT2D eigenvalue weighted by Gasteiger charge is -2.37. The van der Waals surface area contributed by atoms with Crippen molar-refractivity contribution in [2.45, 2.75) is 56.7 Å². The van der Waals surface area contributed by atoms with Crippen LogP contribution in [0.4, 0.5) is 4.79 Å². The lowest BCUT2D eigenvalue weighted by molar-refractivity contribution is -0.0389. The highest BCUT2D eigenvalue weighted by Gasteiger charge is 2.39. The van der Waals surface area contributed by atoms with E-state index in [9.17, 15) is 9.90 Å². The maximum Gasteiger partial charge on any atom is 0.410 e.